The van der Waals surface area contributed by atoms with Gasteiger partial charge in [-0.2, -0.15) is 0 Å². The van der Waals surface area contributed by atoms with Crippen LogP contribution in [0.2, 0.25) is 0 Å². The molecule has 3 N–H and O–H groups in total. The molecule has 104 valence electrons. The molecule has 2 fully saturated rings. The lowest BCUT2D eigenvalue weighted by molar-refractivity contribution is -0.137. The third-order valence-corrected chi connectivity index (χ3v) is 3.09. The molecule has 1 saturated carbocycles. The molecule has 1 unspecified atom stereocenters. The zero-order valence-corrected chi connectivity index (χ0v) is 10.2. The summed E-state index contributed by atoms with van der Waals surface area (Å²) in [6.45, 7) is -0.385. The number of piperidine rings is 1. The topological polar surface area (TPSA) is 116 Å². The second kappa shape index (κ2) is 5.25. The van der Waals surface area contributed by atoms with E-state index in [0.717, 1.165) is 12.8 Å². The third kappa shape index (κ3) is 3.43. The largest absolute Gasteiger partial charge is 0.480 e. The fraction of sp³-hybridized carbons (Fsp3) is 0.636. The van der Waals surface area contributed by atoms with Crippen LogP contribution in [0.15, 0.2) is 0 Å². The molecule has 1 heterocycles. The fourth-order valence-corrected chi connectivity index (χ4v) is 1.96. The highest BCUT2D eigenvalue weighted by Crippen LogP contribution is 2.26. The van der Waals surface area contributed by atoms with Crippen LogP contribution < -0.4 is 10.6 Å². The van der Waals surface area contributed by atoms with Crippen molar-refractivity contribution >= 4 is 23.8 Å². The van der Waals surface area contributed by atoms with Gasteiger partial charge in [-0.15, -0.1) is 0 Å². The van der Waals surface area contributed by atoms with Gasteiger partial charge in [-0.3, -0.25) is 19.7 Å². The minimum Gasteiger partial charge on any atom is -0.480 e. The predicted octanol–water partition coefficient (Wildman–Crippen LogP) is -0.950. The SMILES string of the molecule is O=C(O)CN(C(=O)NC1CCC(=O)NC1=O)C1CC1. The third-order valence-electron chi connectivity index (χ3n) is 3.09. The first-order chi connectivity index (χ1) is 8.97. The Balaban J connectivity index is 1.93. The molecule has 8 nitrogen and oxygen atoms in total. The molecule has 0 spiro atoms. The van der Waals surface area contributed by atoms with Gasteiger partial charge < -0.3 is 15.3 Å². The summed E-state index contributed by atoms with van der Waals surface area (Å²) >= 11 is 0. The zero-order valence-electron chi connectivity index (χ0n) is 10.2. The first kappa shape index (κ1) is 13.3. The Labute approximate surface area is 109 Å². The lowest BCUT2D eigenvalue weighted by Crippen LogP contribution is -2.56. The van der Waals surface area contributed by atoms with E-state index in [0.29, 0.717) is 0 Å². The normalized spacial score (nSPS) is 22.6. The Morgan fingerprint density at radius 2 is 2.00 bits per heavy atom. The van der Waals surface area contributed by atoms with Crippen LogP contribution in [0, 0.1) is 0 Å². The smallest absolute Gasteiger partial charge is 0.323 e. The van der Waals surface area contributed by atoms with Gasteiger partial charge in [0, 0.05) is 12.5 Å². The van der Waals surface area contributed by atoms with Gasteiger partial charge in [0.1, 0.15) is 12.6 Å². The summed E-state index contributed by atoms with van der Waals surface area (Å²) in [7, 11) is 0. The highest BCUT2D eigenvalue weighted by Gasteiger charge is 2.36. The van der Waals surface area contributed by atoms with Crippen molar-refractivity contribution in [2.75, 3.05) is 6.54 Å². The summed E-state index contributed by atoms with van der Waals surface area (Å²) in [5.41, 5.74) is 0. The summed E-state index contributed by atoms with van der Waals surface area (Å²) in [6.07, 6.45) is 1.95. The maximum Gasteiger partial charge on any atom is 0.323 e. The molecule has 1 atom stereocenters. The van der Waals surface area contributed by atoms with Crippen LogP contribution >= 0.6 is 0 Å². The van der Waals surface area contributed by atoms with Gasteiger partial charge >= 0.3 is 12.0 Å². The van der Waals surface area contributed by atoms with Crippen LogP contribution in [-0.2, 0) is 14.4 Å². The monoisotopic (exact) mass is 269 g/mol. The quantitative estimate of drug-likeness (QED) is 0.569. The minimum absolute atomic E-state index is 0.0654. The molecule has 0 radical (unpaired) electrons. The molecule has 0 aromatic heterocycles. The van der Waals surface area contributed by atoms with Crippen molar-refractivity contribution in [2.24, 2.45) is 0 Å². The summed E-state index contributed by atoms with van der Waals surface area (Å²) < 4.78 is 0. The number of carboxylic acids is 1. The fourth-order valence-electron chi connectivity index (χ4n) is 1.96. The first-order valence-corrected chi connectivity index (χ1v) is 6.10. The highest BCUT2D eigenvalue weighted by atomic mass is 16.4. The molecule has 1 saturated heterocycles. The Morgan fingerprint density at radius 1 is 1.32 bits per heavy atom. The maximum atomic E-state index is 11.9. The van der Waals surface area contributed by atoms with Crippen molar-refractivity contribution in [3.63, 3.8) is 0 Å². The number of rotatable bonds is 4. The van der Waals surface area contributed by atoms with E-state index in [9.17, 15) is 19.2 Å². The van der Waals surface area contributed by atoms with Crippen molar-refractivity contribution in [1.29, 1.82) is 0 Å². The molecular formula is C11H15N3O5. The summed E-state index contributed by atoms with van der Waals surface area (Å²) in [4.78, 5) is 46.3. The van der Waals surface area contributed by atoms with E-state index in [-0.39, 0.29) is 31.3 Å². The number of carbonyl (C=O) groups is 4. The van der Waals surface area contributed by atoms with Crippen LogP contribution in [0.3, 0.4) is 0 Å². The van der Waals surface area contributed by atoms with Crippen LogP contribution in [-0.4, -0.2) is 52.4 Å². The van der Waals surface area contributed by atoms with E-state index in [4.69, 9.17) is 5.11 Å². The van der Waals surface area contributed by atoms with E-state index >= 15 is 0 Å². The van der Waals surface area contributed by atoms with Crippen molar-refractivity contribution in [3.8, 4) is 0 Å². The van der Waals surface area contributed by atoms with Crippen molar-refractivity contribution in [3.05, 3.63) is 0 Å². The average molecular weight is 269 g/mol. The van der Waals surface area contributed by atoms with Gasteiger partial charge in [0.2, 0.25) is 11.8 Å². The number of carboxylic acid groups (broad SMARTS) is 1. The van der Waals surface area contributed by atoms with Crippen LogP contribution in [0.25, 0.3) is 0 Å². The lowest BCUT2D eigenvalue weighted by Gasteiger charge is -2.26. The van der Waals surface area contributed by atoms with Gasteiger partial charge in [0.15, 0.2) is 0 Å². The summed E-state index contributed by atoms with van der Waals surface area (Å²) in [5, 5.41) is 13.4. The van der Waals surface area contributed by atoms with Gasteiger partial charge in [-0.05, 0) is 19.3 Å². The molecule has 1 aliphatic carbocycles. The summed E-state index contributed by atoms with van der Waals surface area (Å²) in [6, 6.07) is -1.41. The van der Waals surface area contributed by atoms with Gasteiger partial charge in [0.25, 0.3) is 0 Å². The molecule has 0 bridgehead atoms. The average Bonchev–Trinajstić information content (AvgIpc) is 3.13. The number of nitrogens with one attached hydrogen (secondary N) is 2. The van der Waals surface area contributed by atoms with Crippen LogP contribution in [0.4, 0.5) is 4.79 Å². The van der Waals surface area contributed by atoms with E-state index in [1.54, 1.807) is 0 Å². The van der Waals surface area contributed by atoms with Crippen LogP contribution in [0.5, 0.6) is 0 Å². The Morgan fingerprint density at radius 3 is 2.53 bits per heavy atom. The number of aliphatic carboxylic acids is 1. The maximum absolute atomic E-state index is 11.9. The van der Waals surface area contributed by atoms with Crippen molar-refractivity contribution in [1.82, 2.24) is 15.5 Å². The first-order valence-electron chi connectivity index (χ1n) is 6.10. The lowest BCUT2D eigenvalue weighted by atomic mass is 10.1. The van der Waals surface area contributed by atoms with E-state index < -0.39 is 23.9 Å². The minimum atomic E-state index is -1.09. The van der Waals surface area contributed by atoms with Crippen LogP contribution in [0.1, 0.15) is 25.7 Å². The zero-order chi connectivity index (χ0) is 14.0. The second-order valence-corrected chi connectivity index (χ2v) is 4.71. The number of amides is 4. The Hall–Kier alpha value is -2.12. The Bertz CT molecular complexity index is 432. The number of hydrogen-bond acceptors (Lipinski definition) is 4. The molecule has 8 heteroatoms. The Kier molecular flexibility index (Phi) is 3.68. The number of carbonyl (C=O) groups excluding carboxylic acids is 3. The number of nitrogens with zero attached hydrogens (tertiary/aromatic N) is 1. The number of urea groups is 1. The molecule has 1 aliphatic heterocycles. The van der Waals surface area contributed by atoms with E-state index in [2.05, 4.69) is 10.6 Å². The number of imide groups is 1. The van der Waals surface area contributed by atoms with Gasteiger partial charge in [0.05, 0.1) is 0 Å². The molecular weight excluding hydrogens is 254 g/mol. The molecule has 2 aliphatic rings. The molecule has 19 heavy (non-hydrogen) atoms. The molecule has 0 aromatic rings. The van der Waals surface area contributed by atoms with Gasteiger partial charge in [-0.1, -0.05) is 0 Å². The second-order valence-electron chi connectivity index (χ2n) is 4.71. The molecule has 2 rings (SSSR count). The van der Waals surface area contributed by atoms with E-state index in [1.165, 1.54) is 4.90 Å². The van der Waals surface area contributed by atoms with Crippen molar-refractivity contribution < 1.29 is 24.3 Å². The molecule has 4 amide bonds. The number of hydrogen-bond donors (Lipinski definition) is 3. The highest BCUT2D eigenvalue weighted by molar-refractivity contribution is 6.01. The van der Waals surface area contributed by atoms with Gasteiger partial charge in [-0.25, -0.2) is 4.79 Å². The standard InChI is InChI=1S/C11H15N3O5/c15-8-4-3-7(10(18)13-8)12-11(19)14(5-9(16)17)6-1-2-6/h6-7H,1-5H2,(H,12,19)(H,16,17)(H,13,15,18). The van der Waals surface area contributed by atoms with E-state index in [1.807, 2.05) is 0 Å². The molecule has 0 aromatic carbocycles. The van der Waals surface area contributed by atoms with Crippen molar-refractivity contribution in [2.45, 2.75) is 37.8 Å². The predicted molar refractivity (Wildman–Crippen MR) is 62.1 cm³/mol. The summed E-state index contributed by atoms with van der Waals surface area (Å²) in [5.74, 6) is -2.00.